The average molecular weight is 469 g/mol. The fraction of sp³-hybridized carbons (Fsp3) is 0.190. The van der Waals surface area contributed by atoms with Crippen molar-refractivity contribution in [3.63, 3.8) is 0 Å². The van der Waals surface area contributed by atoms with Gasteiger partial charge < -0.3 is 9.84 Å². The van der Waals surface area contributed by atoms with Crippen molar-refractivity contribution < 1.29 is 18.9 Å². The van der Waals surface area contributed by atoms with Crippen molar-refractivity contribution in [1.29, 1.82) is 0 Å². The maximum atomic E-state index is 12.5. The third-order valence-electron chi connectivity index (χ3n) is 4.69. The third-order valence-corrected chi connectivity index (χ3v) is 5.18. The number of aryl methyl sites for hydroxylation is 1. The highest BCUT2D eigenvalue weighted by Crippen LogP contribution is 2.27. The van der Waals surface area contributed by atoms with E-state index in [2.05, 4.69) is 31.4 Å². The van der Waals surface area contributed by atoms with Crippen LogP contribution in [0.5, 0.6) is 0 Å². The molecule has 2 aromatic carbocycles. The average Bonchev–Trinajstić information content (AvgIpc) is 3.25. The topological polar surface area (TPSA) is 105 Å². The Labute approximate surface area is 180 Å². The molecule has 2 heterocycles. The molecule has 0 saturated heterocycles. The highest BCUT2D eigenvalue weighted by molar-refractivity contribution is 9.10. The summed E-state index contributed by atoms with van der Waals surface area (Å²) in [5, 5.41) is 6.72. The second-order valence-corrected chi connectivity index (χ2v) is 7.70. The zero-order chi connectivity index (χ0) is 21.3. The number of carbonyl (C=O) groups excluding carboxylic acids is 3. The standard InChI is InChI=1S/C21H17BrN4O4/c1-12-23-19(25-30-12)15-5-2-3-6-17(15)24-18(27)7-4-10-26-20(28)14-9-8-13(22)11-16(14)21(26)29/h2-3,5-6,8-9,11H,4,7,10H2,1H3,(H,24,27). The Morgan fingerprint density at radius 2 is 1.87 bits per heavy atom. The number of fused-ring (bicyclic) bond motifs is 1. The number of halogens is 1. The van der Waals surface area contributed by atoms with Gasteiger partial charge in [0.1, 0.15) is 0 Å². The molecule has 3 amide bonds. The van der Waals surface area contributed by atoms with E-state index in [0.29, 0.717) is 40.5 Å². The van der Waals surface area contributed by atoms with E-state index in [0.717, 1.165) is 4.47 Å². The quantitative estimate of drug-likeness (QED) is 0.551. The molecule has 0 spiro atoms. The van der Waals surface area contributed by atoms with Gasteiger partial charge in [-0.2, -0.15) is 4.98 Å². The number of anilines is 1. The molecule has 30 heavy (non-hydrogen) atoms. The number of hydrogen-bond donors (Lipinski definition) is 1. The van der Waals surface area contributed by atoms with E-state index in [9.17, 15) is 14.4 Å². The van der Waals surface area contributed by atoms with Crippen LogP contribution in [0.1, 0.15) is 39.4 Å². The summed E-state index contributed by atoms with van der Waals surface area (Å²) in [5.74, 6) is -0.0861. The molecule has 1 aliphatic heterocycles. The predicted octanol–water partition coefficient (Wildman–Crippen LogP) is 3.82. The first-order valence-corrected chi connectivity index (χ1v) is 10.1. The number of amides is 3. The van der Waals surface area contributed by atoms with Crippen LogP contribution < -0.4 is 5.32 Å². The highest BCUT2D eigenvalue weighted by atomic mass is 79.9. The van der Waals surface area contributed by atoms with Gasteiger partial charge in [-0.05, 0) is 36.8 Å². The summed E-state index contributed by atoms with van der Waals surface area (Å²) in [6.45, 7) is 1.86. The minimum atomic E-state index is -0.338. The second kappa shape index (κ2) is 8.19. The molecule has 3 aromatic rings. The molecule has 0 saturated carbocycles. The van der Waals surface area contributed by atoms with E-state index in [1.54, 1.807) is 43.3 Å². The van der Waals surface area contributed by atoms with Crippen molar-refractivity contribution in [2.24, 2.45) is 0 Å². The summed E-state index contributed by atoms with van der Waals surface area (Å²) in [7, 11) is 0. The van der Waals surface area contributed by atoms with Crippen LogP contribution in [0.4, 0.5) is 5.69 Å². The predicted molar refractivity (Wildman–Crippen MR) is 112 cm³/mol. The number of rotatable bonds is 6. The SMILES string of the molecule is Cc1nc(-c2ccccc2NC(=O)CCCN2C(=O)c3ccc(Br)cc3C2=O)no1. The molecule has 0 aliphatic carbocycles. The van der Waals surface area contributed by atoms with E-state index >= 15 is 0 Å². The van der Waals surface area contributed by atoms with Gasteiger partial charge >= 0.3 is 0 Å². The summed E-state index contributed by atoms with van der Waals surface area (Å²) in [5.41, 5.74) is 1.97. The molecule has 0 atom stereocenters. The molecule has 0 fully saturated rings. The van der Waals surface area contributed by atoms with Crippen LogP contribution in [0.25, 0.3) is 11.4 Å². The molecule has 0 radical (unpaired) electrons. The van der Waals surface area contributed by atoms with Gasteiger partial charge in [0.2, 0.25) is 17.6 Å². The van der Waals surface area contributed by atoms with Crippen LogP contribution in [0.3, 0.4) is 0 Å². The Balaban J connectivity index is 1.37. The second-order valence-electron chi connectivity index (χ2n) is 6.79. The van der Waals surface area contributed by atoms with Crippen LogP contribution in [0.15, 0.2) is 51.5 Å². The van der Waals surface area contributed by atoms with E-state index in [1.165, 1.54) is 4.90 Å². The lowest BCUT2D eigenvalue weighted by Gasteiger charge is -2.14. The van der Waals surface area contributed by atoms with Gasteiger partial charge in [0, 0.05) is 29.9 Å². The molecule has 4 rings (SSSR count). The first-order chi connectivity index (χ1) is 14.4. The maximum Gasteiger partial charge on any atom is 0.261 e. The minimum absolute atomic E-state index is 0.150. The van der Waals surface area contributed by atoms with Gasteiger partial charge in [0.05, 0.1) is 16.8 Å². The van der Waals surface area contributed by atoms with Crippen LogP contribution >= 0.6 is 15.9 Å². The van der Waals surface area contributed by atoms with Crippen molar-refractivity contribution in [2.45, 2.75) is 19.8 Å². The van der Waals surface area contributed by atoms with Gasteiger partial charge in [0.25, 0.3) is 11.8 Å². The molecule has 152 valence electrons. The number of imide groups is 1. The Bertz CT molecular complexity index is 1160. The molecule has 8 nitrogen and oxygen atoms in total. The number of nitrogens with zero attached hydrogens (tertiary/aromatic N) is 3. The normalized spacial score (nSPS) is 12.9. The van der Waals surface area contributed by atoms with Crippen LogP contribution in [0.2, 0.25) is 0 Å². The summed E-state index contributed by atoms with van der Waals surface area (Å²) < 4.78 is 5.74. The van der Waals surface area contributed by atoms with E-state index < -0.39 is 0 Å². The zero-order valence-electron chi connectivity index (χ0n) is 16.0. The molecular weight excluding hydrogens is 452 g/mol. The first kappa shape index (κ1) is 20.0. The van der Waals surface area contributed by atoms with Crippen LogP contribution in [0, 0.1) is 6.92 Å². The Hall–Kier alpha value is -3.33. The summed E-state index contributed by atoms with van der Waals surface area (Å²) >= 11 is 3.31. The van der Waals surface area contributed by atoms with Gasteiger partial charge in [-0.25, -0.2) is 0 Å². The van der Waals surface area contributed by atoms with Crippen LogP contribution in [-0.4, -0.2) is 39.3 Å². The fourth-order valence-corrected chi connectivity index (χ4v) is 3.63. The monoisotopic (exact) mass is 468 g/mol. The molecule has 9 heteroatoms. The first-order valence-electron chi connectivity index (χ1n) is 9.29. The van der Waals surface area contributed by atoms with Crippen LogP contribution in [-0.2, 0) is 4.79 Å². The Morgan fingerprint density at radius 1 is 1.10 bits per heavy atom. The van der Waals surface area contributed by atoms with E-state index in [-0.39, 0.29) is 30.7 Å². The van der Waals surface area contributed by atoms with Crippen molar-refractivity contribution in [1.82, 2.24) is 15.0 Å². The van der Waals surface area contributed by atoms with Gasteiger partial charge in [0.15, 0.2) is 0 Å². The summed E-state index contributed by atoms with van der Waals surface area (Å²) in [6, 6.07) is 12.1. The number of hydrogen-bond acceptors (Lipinski definition) is 6. The third kappa shape index (κ3) is 3.88. The highest BCUT2D eigenvalue weighted by Gasteiger charge is 2.35. The van der Waals surface area contributed by atoms with Crippen molar-refractivity contribution >= 4 is 39.3 Å². The lowest BCUT2D eigenvalue weighted by atomic mass is 10.1. The van der Waals surface area contributed by atoms with E-state index in [4.69, 9.17) is 4.52 Å². The number of nitrogens with one attached hydrogen (secondary N) is 1. The smallest absolute Gasteiger partial charge is 0.261 e. The molecular formula is C21H17BrN4O4. The molecule has 1 aliphatic rings. The summed E-state index contributed by atoms with van der Waals surface area (Å²) in [6.07, 6.45) is 0.499. The fourth-order valence-electron chi connectivity index (χ4n) is 3.27. The molecule has 0 unspecified atom stereocenters. The minimum Gasteiger partial charge on any atom is -0.339 e. The van der Waals surface area contributed by atoms with Gasteiger partial charge in [-0.1, -0.05) is 33.2 Å². The molecule has 1 aromatic heterocycles. The number of benzene rings is 2. The molecule has 1 N–H and O–H groups in total. The lowest BCUT2D eigenvalue weighted by molar-refractivity contribution is -0.116. The van der Waals surface area contributed by atoms with E-state index in [1.807, 2.05) is 6.07 Å². The summed E-state index contributed by atoms with van der Waals surface area (Å²) in [4.78, 5) is 42.7. The van der Waals surface area contributed by atoms with Crippen molar-refractivity contribution in [2.75, 3.05) is 11.9 Å². The Kier molecular flexibility index (Phi) is 5.45. The molecule has 0 bridgehead atoms. The largest absolute Gasteiger partial charge is 0.339 e. The zero-order valence-corrected chi connectivity index (χ0v) is 17.6. The lowest BCUT2D eigenvalue weighted by Crippen LogP contribution is -2.31. The maximum absolute atomic E-state index is 12.5. The number of para-hydroxylation sites is 1. The van der Waals surface area contributed by atoms with Gasteiger partial charge in [-0.3, -0.25) is 19.3 Å². The Morgan fingerprint density at radius 3 is 2.63 bits per heavy atom. The number of aromatic nitrogens is 2. The van der Waals surface area contributed by atoms with Crippen molar-refractivity contribution in [3.8, 4) is 11.4 Å². The van der Waals surface area contributed by atoms with Crippen molar-refractivity contribution in [3.05, 3.63) is 64.0 Å². The van der Waals surface area contributed by atoms with Gasteiger partial charge in [-0.15, -0.1) is 0 Å². The number of carbonyl (C=O) groups is 3.